The van der Waals surface area contributed by atoms with Crippen molar-refractivity contribution in [1.82, 2.24) is 0 Å². The molecular weight excluding hydrogens is 246 g/mol. The van der Waals surface area contributed by atoms with E-state index in [-0.39, 0.29) is 5.78 Å². The van der Waals surface area contributed by atoms with Crippen LogP contribution in [0.15, 0.2) is 24.3 Å². The van der Waals surface area contributed by atoms with Crippen LogP contribution in [0.1, 0.15) is 56.8 Å². The van der Waals surface area contributed by atoms with Gasteiger partial charge in [-0.2, -0.15) is 0 Å². The Kier molecular flexibility index (Phi) is 5.22. The summed E-state index contributed by atoms with van der Waals surface area (Å²) in [5, 5.41) is 0. The summed E-state index contributed by atoms with van der Waals surface area (Å²) in [5.74, 6) is 1.85. The number of carbonyl (C=O) groups excluding carboxylic acids is 1. The Bertz CT molecular complexity index is 452. The van der Waals surface area contributed by atoms with Crippen molar-refractivity contribution in [3.05, 3.63) is 29.8 Å². The van der Waals surface area contributed by atoms with Gasteiger partial charge in [0.2, 0.25) is 0 Å². The van der Waals surface area contributed by atoms with Crippen molar-refractivity contribution in [1.29, 1.82) is 0 Å². The van der Waals surface area contributed by atoms with Crippen LogP contribution in [0.4, 0.5) is 5.69 Å². The second-order valence-corrected chi connectivity index (χ2v) is 6.22. The monoisotopic (exact) mass is 273 g/mol. The number of benzene rings is 1. The van der Waals surface area contributed by atoms with Crippen molar-refractivity contribution < 1.29 is 4.79 Å². The van der Waals surface area contributed by atoms with Gasteiger partial charge >= 0.3 is 0 Å². The standard InChI is InChI=1S/C18H27NO/c1-4-18(20)16-9-5-6-10-17(16)19-12-7-8-15(11-13-19)14(2)3/h5-6,9-10,14-15H,4,7-8,11-13H2,1-3H3. The van der Waals surface area contributed by atoms with Crippen molar-refractivity contribution in [2.45, 2.75) is 46.5 Å². The highest BCUT2D eigenvalue weighted by Gasteiger charge is 2.21. The molecule has 0 radical (unpaired) electrons. The third kappa shape index (κ3) is 3.41. The second kappa shape index (κ2) is 6.92. The van der Waals surface area contributed by atoms with E-state index < -0.39 is 0 Å². The van der Waals surface area contributed by atoms with Crippen LogP contribution in [-0.2, 0) is 0 Å². The zero-order chi connectivity index (χ0) is 14.5. The Labute approximate surface area is 123 Å². The molecule has 2 nitrogen and oxygen atoms in total. The zero-order valence-corrected chi connectivity index (χ0v) is 13.1. The third-order valence-corrected chi connectivity index (χ3v) is 4.58. The number of hydrogen-bond donors (Lipinski definition) is 0. The first-order valence-electron chi connectivity index (χ1n) is 8.00. The molecule has 1 aromatic rings. The number of para-hydroxylation sites is 1. The van der Waals surface area contributed by atoms with Crippen LogP contribution < -0.4 is 4.90 Å². The van der Waals surface area contributed by atoms with E-state index in [0.29, 0.717) is 6.42 Å². The van der Waals surface area contributed by atoms with Crippen molar-refractivity contribution in [3.63, 3.8) is 0 Å². The number of rotatable bonds is 4. The SMILES string of the molecule is CCC(=O)c1ccccc1N1CCCC(C(C)C)CC1. The molecule has 1 unspecified atom stereocenters. The van der Waals surface area contributed by atoms with E-state index in [1.165, 1.54) is 19.3 Å². The van der Waals surface area contributed by atoms with E-state index in [1.807, 2.05) is 25.1 Å². The van der Waals surface area contributed by atoms with Gasteiger partial charge in [-0.25, -0.2) is 0 Å². The number of nitrogens with zero attached hydrogens (tertiary/aromatic N) is 1. The summed E-state index contributed by atoms with van der Waals surface area (Å²) in [7, 11) is 0. The van der Waals surface area contributed by atoms with Gasteiger partial charge in [0.15, 0.2) is 5.78 Å². The molecule has 110 valence electrons. The maximum atomic E-state index is 12.1. The van der Waals surface area contributed by atoms with E-state index in [2.05, 4.69) is 24.8 Å². The van der Waals surface area contributed by atoms with Crippen LogP contribution in [-0.4, -0.2) is 18.9 Å². The van der Waals surface area contributed by atoms with Gasteiger partial charge in [-0.05, 0) is 43.2 Å². The fourth-order valence-electron chi connectivity index (χ4n) is 3.21. The molecule has 1 aliphatic heterocycles. The molecule has 2 rings (SSSR count). The minimum Gasteiger partial charge on any atom is -0.371 e. The molecule has 1 atom stereocenters. The summed E-state index contributed by atoms with van der Waals surface area (Å²) < 4.78 is 0. The highest BCUT2D eigenvalue weighted by atomic mass is 16.1. The van der Waals surface area contributed by atoms with Gasteiger partial charge in [0.25, 0.3) is 0 Å². The first kappa shape index (κ1) is 15.1. The Balaban J connectivity index is 2.17. The fourth-order valence-corrected chi connectivity index (χ4v) is 3.21. The number of carbonyl (C=O) groups is 1. The molecule has 1 fully saturated rings. The van der Waals surface area contributed by atoms with Gasteiger partial charge in [-0.1, -0.05) is 32.9 Å². The molecule has 0 aliphatic carbocycles. The second-order valence-electron chi connectivity index (χ2n) is 6.22. The molecule has 0 spiro atoms. The van der Waals surface area contributed by atoms with Crippen molar-refractivity contribution >= 4 is 11.5 Å². The third-order valence-electron chi connectivity index (χ3n) is 4.58. The first-order valence-corrected chi connectivity index (χ1v) is 8.00. The maximum Gasteiger partial charge on any atom is 0.164 e. The summed E-state index contributed by atoms with van der Waals surface area (Å²) in [6, 6.07) is 8.11. The predicted octanol–water partition coefficient (Wildman–Crippen LogP) is 4.54. The summed E-state index contributed by atoms with van der Waals surface area (Å²) in [6.45, 7) is 8.76. The van der Waals surface area contributed by atoms with Crippen LogP contribution >= 0.6 is 0 Å². The van der Waals surface area contributed by atoms with Crippen LogP contribution in [0.5, 0.6) is 0 Å². The Hall–Kier alpha value is -1.31. The fraction of sp³-hybridized carbons (Fsp3) is 0.611. The summed E-state index contributed by atoms with van der Waals surface area (Å²) in [5.41, 5.74) is 2.04. The van der Waals surface area contributed by atoms with Crippen LogP contribution in [0.2, 0.25) is 0 Å². The van der Waals surface area contributed by atoms with E-state index >= 15 is 0 Å². The first-order chi connectivity index (χ1) is 9.63. The van der Waals surface area contributed by atoms with Crippen LogP contribution in [0.25, 0.3) is 0 Å². The van der Waals surface area contributed by atoms with Gasteiger partial charge in [0.05, 0.1) is 0 Å². The maximum absolute atomic E-state index is 12.1. The van der Waals surface area contributed by atoms with Gasteiger partial charge in [-0.3, -0.25) is 4.79 Å². The van der Waals surface area contributed by atoms with Crippen LogP contribution in [0.3, 0.4) is 0 Å². The summed E-state index contributed by atoms with van der Waals surface area (Å²) in [6.07, 6.45) is 4.38. The molecule has 1 heterocycles. The number of hydrogen-bond acceptors (Lipinski definition) is 2. The van der Waals surface area contributed by atoms with Crippen molar-refractivity contribution in [2.75, 3.05) is 18.0 Å². The molecule has 0 N–H and O–H groups in total. The van der Waals surface area contributed by atoms with Gasteiger partial charge in [-0.15, -0.1) is 0 Å². The molecule has 0 saturated carbocycles. The number of anilines is 1. The molecular formula is C18H27NO. The molecule has 1 aliphatic rings. The molecule has 0 aromatic heterocycles. The largest absolute Gasteiger partial charge is 0.371 e. The lowest BCUT2D eigenvalue weighted by Gasteiger charge is -2.25. The van der Waals surface area contributed by atoms with E-state index in [1.54, 1.807) is 0 Å². The van der Waals surface area contributed by atoms with Crippen molar-refractivity contribution in [2.24, 2.45) is 11.8 Å². The smallest absolute Gasteiger partial charge is 0.164 e. The highest BCUT2D eigenvalue weighted by Crippen LogP contribution is 2.29. The summed E-state index contributed by atoms with van der Waals surface area (Å²) in [4.78, 5) is 14.5. The van der Waals surface area contributed by atoms with E-state index in [4.69, 9.17) is 0 Å². The Morgan fingerprint density at radius 2 is 2.00 bits per heavy atom. The highest BCUT2D eigenvalue weighted by molar-refractivity contribution is 6.01. The molecule has 0 amide bonds. The number of Topliss-reactive ketones (excluding diaryl/α,β-unsaturated/α-hetero) is 1. The van der Waals surface area contributed by atoms with Gasteiger partial charge < -0.3 is 4.90 Å². The average molecular weight is 273 g/mol. The normalized spacial score (nSPS) is 20.0. The lowest BCUT2D eigenvalue weighted by molar-refractivity contribution is 0.0988. The number of ketones is 1. The molecule has 2 heteroatoms. The zero-order valence-electron chi connectivity index (χ0n) is 13.1. The van der Waals surface area contributed by atoms with Crippen LogP contribution in [0, 0.1) is 11.8 Å². The van der Waals surface area contributed by atoms with Gasteiger partial charge in [0, 0.05) is 30.8 Å². The molecule has 1 aromatic carbocycles. The Morgan fingerprint density at radius 1 is 1.25 bits per heavy atom. The lowest BCUT2D eigenvalue weighted by atomic mass is 9.89. The Morgan fingerprint density at radius 3 is 2.70 bits per heavy atom. The predicted molar refractivity (Wildman–Crippen MR) is 85.5 cm³/mol. The molecule has 20 heavy (non-hydrogen) atoms. The minimum absolute atomic E-state index is 0.255. The molecule has 1 saturated heterocycles. The van der Waals surface area contributed by atoms with Gasteiger partial charge in [0.1, 0.15) is 0 Å². The topological polar surface area (TPSA) is 20.3 Å². The average Bonchev–Trinajstić information content (AvgIpc) is 2.72. The quantitative estimate of drug-likeness (QED) is 0.751. The van der Waals surface area contributed by atoms with E-state index in [9.17, 15) is 4.79 Å². The minimum atomic E-state index is 0.255. The lowest BCUT2D eigenvalue weighted by Crippen LogP contribution is -2.26. The summed E-state index contributed by atoms with van der Waals surface area (Å²) >= 11 is 0. The van der Waals surface area contributed by atoms with Crippen molar-refractivity contribution in [3.8, 4) is 0 Å². The van der Waals surface area contributed by atoms with E-state index in [0.717, 1.165) is 36.2 Å². The molecule has 0 bridgehead atoms.